The lowest BCUT2D eigenvalue weighted by atomic mass is 9.95. The van der Waals surface area contributed by atoms with E-state index < -0.39 is 0 Å². The average Bonchev–Trinajstić information content (AvgIpc) is 2.90. The van der Waals surface area contributed by atoms with E-state index in [1.165, 1.54) is 12.1 Å². The monoisotopic (exact) mass is 261 g/mol. The molecule has 19 heavy (non-hydrogen) atoms. The maximum atomic E-state index is 13.0. The largest absolute Gasteiger partial charge is 0.468 e. The molecule has 2 rings (SSSR count). The Morgan fingerprint density at radius 2 is 1.74 bits per heavy atom. The fourth-order valence-electron chi connectivity index (χ4n) is 2.23. The molecule has 0 saturated heterocycles. The molecule has 0 spiro atoms. The maximum absolute atomic E-state index is 13.0. The van der Waals surface area contributed by atoms with Crippen LogP contribution in [0.3, 0.4) is 0 Å². The number of rotatable bonds is 5. The van der Waals surface area contributed by atoms with Crippen LogP contribution in [0.2, 0.25) is 0 Å². The molecule has 1 N–H and O–H groups in total. The molecule has 1 heterocycles. The van der Waals surface area contributed by atoms with E-state index in [1.807, 2.05) is 24.3 Å². The minimum Gasteiger partial charge on any atom is -0.468 e. The van der Waals surface area contributed by atoms with Crippen LogP contribution in [-0.2, 0) is 0 Å². The Labute approximate surface area is 113 Å². The Kier molecular flexibility index (Phi) is 4.38. The van der Waals surface area contributed by atoms with E-state index in [2.05, 4.69) is 26.1 Å². The highest BCUT2D eigenvalue weighted by Gasteiger charge is 2.19. The topological polar surface area (TPSA) is 25.2 Å². The second kappa shape index (κ2) is 6.02. The van der Waals surface area contributed by atoms with E-state index in [-0.39, 0.29) is 17.9 Å². The summed E-state index contributed by atoms with van der Waals surface area (Å²) in [6.45, 7) is 6.36. The zero-order valence-electron chi connectivity index (χ0n) is 11.6. The van der Waals surface area contributed by atoms with Gasteiger partial charge in [0.1, 0.15) is 11.6 Å². The first-order valence-corrected chi connectivity index (χ1v) is 6.63. The first-order valence-electron chi connectivity index (χ1n) is 6.63. The first-order chi connectivity index (χ1) is 9.08. The maximum Gasteiger partial charge on any atom is 0.123 e. The van der Waals surface area contributed by atoms with Crippen LogP contribution in [0.25, 0.3) is 0 Å². The molecule has 2 unspecified atom stereocenters. The van der Waals surface area contributed by atoms with Crippen LogP contribution in [0.1, 0.15) is 44.2 Å². The number of hydrogen-bond donors (Lipinski definition) is 1. The highest BCUT2D eigenvalue weighted by Crippen LogP contribution is 2.26. The summed E-state index contributed by atoms with van der Waals surface area (Å²) >= 11 is 0. The minimum atomic E-state index is -0.203. The van der Waals surface area contributed by atoms with E-state index in [1.54, 1.807) is 6.26 Å². The highest BCUT2D eigenvalue weighted by atomic mass is 19.1. The molecule has 1 aromatic carbocycles. The normalized spacial score (nSPS) is 14.6. The molecule has 0 bridgehead atoms. The first kappa shape index (κ1) is 13.8. The van der Waals surface area contributed by atoms with Crippen molar-refractivity contribution >= 4 is 0 Å². The molecule has 0 aliphatic carbocycles. The molecule has 3 heteroatoms. The molecule has 0 aliphatic heterocycles. The van der Waals surface area contributed by atoms with Crippen molar-refractivity contribution in [2.24, 2.45) is 5.92 Å². The fourth-order valence-corrected chi connectivity index (χ4v) is 2.23. The standard InChI is InChI=1S/C16H20FNO/c1-11(2)16(13-6-8-14(17)9-7-13)18-12(3)15-5-4-10-19-15/h4-12,16,18H,1-3H3. The summed E-state index contributed by atoms with van der Waals surface area (Å²) in [6.07, 6.45) is 1.68. The van der Waals surface area contributed by atoms with E-state index in [0.717, 1.165) is 11.3 Å². The van der Waals surface area contributed by atoms with Crippen molar-refractivity contribution in [3.05, 3.63) is 59.8 Å². The van der Waals surface area contributed by atoms with Crippen LogP contribution >= 0.6 is 0 Å². The Hall–Kier alpha value is -1.61. The quantitative estimate of drug-likeness (QED) is 0.859. The fraction of sp³-hybridized carbons (Fsp3) is 0.375. The third kappa shape index (κ3) is 3.44. The smallest absolute Gasteiger partial charge is 0.123 e. The van der Waals surface area contributed by atoms with E-state index in [9.17, 15) is 4.39 Å². The van der Waals surface area contributed by atoms with E-state index >= 15 is 0 Å². The Balaban J connectivity index is 2.14. The van der Waals surface area contributed by atoms with Crippen molar-refractivity contribution in [3.63, 3.8) is 0 Å². The molecule has 102 valence electrons. The summed E-state index contributed by atoms with van der Waals surface area (Å²) in [5.41, 5.74) is 1.09. The number of hydrogen-bond acceptors (Lipinski definition) is 2. The summed E-state index contributed by atoms with van der Waals surface area (Å²) in [5.74, 6) is 1.11. The van der Waals surface area contributed by atoms with Gasteiger partial charge in [0.2, 0.25) is 0 Å². The van der Waals surface area contributed by atoms with Crippen molar-refractivity contribution < 1.29 is 8.81 Å². The van der Waals surface area contributed by atoms with Crippen LogP contribution in [-0.4, -0.2) is 0 Å². The molecular weight excluding hydrogens is 241 g/mol. The Morgan fingerprint density at radius 1 is 1.05 bits per heavy atom. The molecule has 0 fully saturated rings. The lowest BCUT2D eigenvalue weighted by Gasteiger charge is -2.26. The van der Waals surface area contributed by atoms with Gasteiger partial charge in [-0.2, -0.15) is 0 Å². The molecule has 0 saturated carbocycles. The average molecular weight is 261 g/mol. The lowest BCUT2D eigenvalue weighted by Crippen LogP contribution is -2.28. The molecular formula is C16H20FNO. The van der Waals surface area contributed by atoms with Gasteiger partial charge in [-0.15, -0.1) is 0 Å². The van der Waals surface area contributed by atoms with Crippen molar-refractivity contribution in [3.8, 4) is 0 Å². The van der Waals surface area contributed by atoms with Gasteiger partial charge < -0.3 is 9.73 Å². The Morgan fingerprint density at radius 3 is 2.26 bits per heavy atom. The van der Waals surface area contributed by atoms with Crippen LogP contribution in [0.5, 0.6) is 0 Å². The summed E-state index contributed by atoms with van der Waals surface area (Å²) in [6, 6.07) is 10.8. The number of benzene rings is 1. The van der Waals surface area contributed by atoms with Gasteiger partial charge in [-0.1, -0.05) is 26.0 Å². The van der Waals surface area contributed by atoms with Gasteiger partial charge in [0, 0.05) is 6.04 Å². The number of furan rings is 1. The zero-order chi connectivity index (χ0) is 13.8. The zero-order valence-corrected chi connectivity index (χ0v) is 11.6. The summed E-state index contributed by atoms with van der Waals surface area (Å²) in [4.78, 5) is 0. The highest BCUT2D eigenvalue weighted by molar-refractivity contribution is 5.21. The summed E-state index contributed by atoms with van der Waals surface area (Å²) < 4.78 is 18.4. The van der Waals surface area contributed by atoms with Gasteiger partial charge in [0.25, 0.3) is 0 Å². The van der Waals surface area contributed by atoms with E-state index in [4.69, 9.17) is 4.42 Å². The molecule has 0 aliphatic rings. The lowest BCUT2D eigenvalue weighted by molar-refractivity contribution is 0.340. The summed E-state index contributed by atoms with van der Waals surface area (Å²) in [7, 11) is 0. The second-order valence-electron chi connectivity index (χ2n) is 5.18. The molecule has 0 amide bonds. The summed E-state index contributed by atoms with van der Waals surface area (Å²) in [5, 5.41) is 3.54. The van der Waals surface area contributed by atoms with Gasteiger partial charge in [-0.3, -0.25) is 0 Å². The van der Waals surface area contributed by atoms with Gasteiger partial charge in [0.05, 0.1) is 12.3 Å². The third-order valence-corrected chi connectivity index (χ3v) is 3.30. The van der Waals surface area contributed by atoms with Crippen LogP contribution in [0, 0.1) is 11.7 Å². The third-order valence-electron chi connectivity index (χ3n) is 3.30. The molecule has 2 aromatic rings. The van der Waals surface area contributed by atoms with Gasteiger partial charge in [-0.05, 0) is 42.7 Å². The van der Waals surface area contributed by atoms with Gasteiger partial charge >= 0.3 is 0 Å². The molecule has 2 atom stereocenters. The molecule has 2 nitrogen and oxygen atoms in total. The SMILES string of the molecule is CC(NC(c1ccc(F)cc1)C(C)C)c1ccco1. The van der Waals surface area contributed by atoms with Crippen LogP contribution in [0.15, 0.2) is 47.1 Å². The van der Waals surface area contributed by atoms with Crippen molar-refractivity contribution in [2.45, 2.75) is 32.9 Å². The second-order valence-corrected chi connectivity index (χ2v) is 5.18. The van der Waals surface area contributed by atoms with Crippen LogP contribution < -0.4 is 5.32 Å². The van der Waals surface area contributed by atoms with Gasteiger partial charge in [0.15, 0.2) is 0 Å². The van der Waals surface area contributed by atoms with Gasteiger partial charge in [-0.25, -0.2) is 4.39 Å². The van der Waals surface area contributed by atoms with E-state index in [0.29, 0.717) is 5.92 Å². The predicted molar refractivity (Wildman–Crippen MR) is 74.2 cm³/mol. The molecule has 0 radical (unpaired) electrons. The minimum absolute atomic E-state index is 0.118. The molecule has 1 aromatic heterocycles. The predicted octanol–water partition coefficient (Wildman–Crippen LogP) is 4.47. The van der Waals surface area contributed by atoms with Crippen LogP contribution in [0.4, 0.5) is 4.39 Å². The van der Waals surface area contributed by atoms with Crippen molar-refractivity contribution in [1.82, 2.24) is 5.32 Å². The number of nitrogens with one attached hydrogen (secondary N) is 1. The van der Waals surface area contributed by atoms with Crippen molar-refractivity contribution in [2.75, 3.05) is 0 Å². The number of halogens is 1. The van der Waals surface area contributed by atoms with Crippen molar-refractivity contribution in [1.29, 1.82) is 0 Å². The Bertz CT molecular complexity index is 490.